The number of carbonyl (C=O) groups is 2. The molecule has 0 heterocycles. The molecule has 0 aliphatic carbocycles. The molecule has 0 radical (unpaired) electrons. The summed E-state index contributed by atoms with van der Waals surface area (Å²) in [4.78, 5) is 20.3. The van der Waals surface area contributed by atoms with Crippen LogP contribution in [0.3, 0.4) is 0 Å². The van der Waals surface area contributed by atoms with E-state index in [4.69, 9.17) is 11.5 Å². The maximum absolute atomic E-state index is 10.2. The third kappa shape index (κ3) is 7.21. The Bertz CT molecular complexity index is 542. The van der Waals surface area contributed by atoms with Crippen molar-refractivity contribution in [2.24, 2.45) is 0 Å². The van der Waals surface area contributed by atoms with E-state index in [0.29, 0.717) is 11.4 Å². The number of nitrogens with two attached hydrogens (primary N) is 2. The smallest absolute Gasteiger partial charge is 0.545 e. The second-order valence-electron chi connectivity index (χ2n) is 3.82. The van der Waals surface area contributed by atoms with Crippen molar-refractivity contribution in [1.82, 2.24) is 0 Å². The summed E-state index contributed by atoms with van der Waals surface area (Å²) in [5.74, 6) is -2.36. The number of carbonyl (C=O) groups excluding carboxylic acids is 2. The SMILES string of the molecule is Nc1ccc(C(=O)[O-])cc1.Nc1ccc(C(=O)[O-])cc1.[Ba+2]. The topological polar surface area (TPSA) is 132 Å². The molecule has 2 aromatic carbocycles. The van der Waals surface area contributed by atoms with Crippen molar-refractivity contribution in [2.45, 2.75) is 0 Å². The number of hydrogen-bond donors (Lipinski definition) is 2. The average Bonchev–Trinajstić information content (AvgIpc) is 2.40. The van der Waals surface area contributed by atoms with Gasteiger partial charge in [-0.3, -0.25) is 0 Å². The van der Waals surface area contributed by atoms with Gasteiger partial charge in [-0.15, -0.1) is 0 Å². The molecule has 0 aliphatic heterocycles. The Morgan fingerprint density at radius 1 is 0.667 bits per heavy atom. The van der Waals surface area contributed by atoms with Crippen molar-refractivity contribution in [3.8, 4) is 0 Å². The molecule has 0 fully saturated rings. The first-order valence-electron chi connectivity index (χ1n) is 5.54. The van der Waals surface area contributed by atoms with Crippen molar-refractivity contribution in [3.05, 3.63) is 59.7 Å². The number of benzene rings is 2. The first-order chi connectivity index (χ1) is 9.40. The minimum absolute atomic E-state index is 0. The van der Waals surface area contributed by atoms with Crippen LogP contribution in [0, 0.1) is 0 Å². The van der Waals surface area contributed by atoms with Gasteiger partial charge in [-0.05, 0) is 35.4 Å². The van der Waals surface area contributed by atoms with Crippen LogP contribution in [0.4, 0.5) is 11.4 Å². The molecular formula is C14H12BaN2O4. The largest absolute Gasteiger partial charge is 2.00 e. The molecule has 0 saturated carbocycles. The van der Waals surface area contributed by atoms with Crippen LogP contribution in [0.2, 0.25) is 0 Å². The Balaban J connectivity index is 0.000000364. The van der Waals surface area contributed by atoms with E-state index in [1.807, 2.05) is 0 Å². The summed E-state index contributed by atoms with van der Waals surface area (Å²) in [6.45, 7) is 0. The Hall–Kier alpha value is -1.45. The number of carboxylic acid groups (broad SMARTS) is 2. The fraction of sp³-hybridized carbons (Fsp3) is 0. The van der Waals surface area contributed by atoms with E-state index in [1.54, 1.807) is 0 Å². The van der Waals surface area contributed by atoms with Crippen molar-refractivity contribution >= 4 is 72.2 Å². The van der Waals surface area contributed by atoms with Gasteiger partial charge < -0.3 is 31.3 Å². The second kappa shape index (κ2) is 9.48. The molecule has 0 atom stereocenters. The first kappa shape index (κ1) is 19.6. The Kier molecular flexibility index (Phi) is 8.83. The summed E-state index contributed by atoms with van der Waals surface area (Å²) in [5, 5.41) is 20.3. The molecule has 0 spiro atoms. The molecule has 0 saturated heterocycles. The van der Waals surface area contributed by atoms with Crippen LogP contribution in [-0.4, -0.2) is 60.8 Å². The summed E-state index contributed by atoms with van der Waals surface area (Å²) in [7, 11) is 0. The maximum atomic E-state index is 10.2. The number of aromatic carboxylic acids is 2. The van der Waals surface area contributed by atoms with Gasteiger partial charge >= 0.3 is 48.9 Å². The van der Waals surface area contributed by atoms with Gasteiger partial charge in [0.1, 0.15) is 0 Å². The monoisotopic (exact) mass is 410 g/mol. The van der Waals surface area contributed by atoms with Crippen LogP contribution in [0.5, 0.6) is 0 Å². The zero-order chi connectivity index (χ0) is 15.1. The van der Waals surface area contributed by atoms with E-state index in [0.717, 1.165) is 0 Å². The Labute approximate surface area is 161 Å². The third-order valence-corrected chi connectivity index (χ3v) is 2.29. The molecular weight excluding hydrogens is 397 g/mol. The number of nitrogen functional groups attached to an aromatic ring is 2. The number of rotatable bonds is 2. The van der Waals surface area contributed by atoms with Crippen LogP contribution >= 0.6 is 0 Å². The van der Waals surface area contributed by atoms with Crippen molar-refractivity contribution in [2.75, 3.05) is 11.5 Å². The predicted molar refractivity (Wildman–Crippen MR) is 76.1 cm³/mol. The molecule has 0 aromatic heterocycles. The molecule has 0 aliphatic rings. The third-order valence-electron chi connectivity index (χ3n) is 2.29. The van der Waals surface area contributed by atoms with E-state index in [-0.39, 0.29) is 60.0 Å². The number of carboxylic acids is 2. The zero-order valence-corrected chi connectivity index (χ0v) is 15.6. The molecule has 0 unspecified atom stereocenters. The molecule has 2 aromatic rings. The normalized spacial score (nSPS) is 8.76. The van der Waals surface area contributed by atoms with Crippen LogP contribution in [0.15, 0.2) is 48.5 Å². The van der Waals surface area contributed by atoms with Gasteiger partial charge in [0.15, 0.2) is 0 Å². The van der Waals surface area contributed by atoms with Crippen molar-refractivity contribution < 1.29 is 19.8 Å². The summed E-state index contributed by atoms with van der Waals surface area (Å²) in [6, 6.07) is 11.7. The fourth-order valence-electron chi connectivity index (χ4n) is 1.24. The first-order valence-corrected chi connectivity index (χ1v) is 5.54. The summed E-state index contributed by atoms with van der Waals surface area (Å²) in [6.07, 6.45) is 0. The van der Waals surface area contributed by atoms with Gasteiger partial charge in [0.05, 0.1) is 11.9 Å². The van der Waals surface area contributed by atoms with Crippen molar-refractivity contribution in [1.29, 1.82) is 0 Å². The van der Waals surface area contributed by atoms with Gasteiger partial charge in [-0.25, -0.2) is 0 Å². The van der Waals surface area contributed by atoms with E-state index in [2.05, 4.69) is 0 Å². The van der Waals surface area contributed by atoms with Gasteiger partial charge in [0, 0.05) is 11.4 Å². The van der Waals surface area contributed by atoms with E-state index >= 15 is 0 Å². The van der Waals surface area contributed by atoms with E-state index in [1.165, 1.54) is 48.5 Å². The molecule has 0 bridgehead atoms. The summed E-state index contributed by atoms with van der Waals surface area (Å²) >= 11 is 0. The minimum Gasteiger partial charge on any atom is -0.545 e. The van der Waals surface area contributed by atoms with E-state index in [9.17, 15) is 19.8 Å². The number of anilines is 2. The average molecular weight is 410 g/mol. The molecule has 6 nitrogen and oxygen atoms in total. The minimum atomic E-state index is -1.18. The fourth-order valence-corrected chi connectivity index (χ4v) is 1.24. The number of hydrogen-bond acceptors (Lipinski definition) is 6. The standard InChI is InChI=1S/2C7H7NO2.Ba/c2*8-6-3-1-5(2-4-6)7(9)10;/h2*1-4H,8H2,(H,9,10);/q;;+2/p-2. The Morgan fingerprint density at radius 2 is 0.905 bits per heavy atom. The zero-order valence-electron chi connectivity index (χ0n) is 11.1. The van der Waals surface area contributed by atoms with Gasteiger partial charge in [0.25, 0.3) is 0 Å². The molecule has 21 heavy (non-hydrogen) atoms. The predicted octanol–water partition coefficient (Wildman–Crippen LogP) is -1.12. The Morgan fingerprint density at radius 3 is 1.10 bits per heavy atom. The molecule has 2 rings (SSSR count). The molecule has 0 amide bonds. The molecule has 104 valence electrons. The van der Waals surface area contributed by atoms with Gasteiger partial charge in [-0.2, -0.15) is 0 Å². The summed E-state index contributed by atoms with van der Waals surface area (Å²) in [5.41, 5.74) is 12.0. The van der Waals surface area contributed by atoms with Gasteiger partial charge in [-0.1, -0.05) is 24.3 Å². The van der Waals surface area contributed by atoms with E-state index < -0.39 is 11.9 Å². The molecule has 7 heteroatoms. The second-order valence-corrected chi connectivity index (χ2v) is 3.82. The molecule has 4 N–H and O–H groups in total. The maximum Gasteiger partial charge on any atom is 2.00 e. The van der Waals surface area contributed by atoms with Crippen LogP contribution in [0.25, 0.3) is 0 Å². The van der Waals surface area contributed by atoms with Crippen molar-refractivity contribution in [3.63, 3.8) is 0 Å². The summed E-state index contributed by atoms with van der Waals surface area (Å²) < 4.78 is 0. The quantitative estimate of drug-likeness (QED) is 0.477. The van der Waals surface area contributed by atoms with Gasteiger partial charge in [0.2, 0.25) is 0 Å². The van der Waals surface area contributed by atoms with Crippen LogP contribution in [0.1, 0.15) is 20.7 Å². The van der Waals surface area contributed by atoms with Crippen LogP contribution in [-0.2, 0) is 0 Å². The van der Waals surface area contributed by atoms with Crippen LogP contribution < -0.4 is 21.7 Å².